The molecule has 0 spiro atoms. The van der Waals surface area contributed by atoms with Crippen molar-refractivity contribution in [3.05, 3.63) is 35.6 Å². The summed E-state index contributed by atoms with van der Waals surface area (Å²) in [6.07, 6.45) is 1.76. The fourth-order valence-electron chi connectivity index (χ4n) is 2.34. The highest BCUT2D eigenvalue weighted by molar-refractivity contribution is 7.87. The maximum absolute atomic E-state index is 13.5. The lowest BCUT2D eigenvalue weighted by Crippen LogP contribution is -2.47. The molecule has 7 heteroatoms. The van der Waals surface area contributed by atoms with E-state index in [9.17, 15) is 12.8 Å². The number of nitrogens with one attached hydrogen (secondary N) is 1. The largest absolute Gasteiger partial charge is 0.330 e. The van der Waals surface area contributed by atoms with Crippen molar-refractivity contribution in [3.8, 4) is 0 Å². The van der Waals surface area contributed by atoms with Crippen molar-refractivity contribution in [1.29, 1.82) is 0 Å². The predicted molar refractivity (Wildman–Crippen MR) is 75.5 cm³/mol. The molecule has 0 radical (unpaired) electrons. The van der Waals surface area contributed by atoms with Crippen molar-refractivity contribution < 1.29 is 12.8 Å². The average molecular weight is 301 g/mol. The normalized spacial score (nSPS) is 21.0. The molecule has 0 amide bonds. The minimum Gasteiger partial charge on any atom is -0.330 e. The summed E-state index contributed by atoms with van der Waals surface area (Å²) in [7, 11) is -3.58. The fraction of sp³-hybridized carbons (Fsp3) is 0.538. The Morgan fingerprint density at radius 3 is 2.85 bits per heavy atom. The molecule has 1 unspecified atom stereocenters. The van der Waals surface area contributed by atoms with Crippen LogP contribution in [0.15, 0.2) is 24.3 Å². The molecule has 112 valence electrons. The summed E-state index contributed by atoms with van der Waals surface area (Å²) in [4.78, 5) is 0. The molecule has 0 aliphatic carbocycles. The Bertz CT molecular complexity index is 550. The lowest BCUT2D eigenvalue weighted by molar-refractivity contribution is 0.268. The van der Waals surface area contributed by atoms with Crippen molar-refractivity contribution in [1.82, 2.24) is 9.03 Å². The third kappa shape index (κ3) is 3.76. The zero-order valence-corrected chi connectivity index (χ0v) is 12.1. The van der Waals surface area contributed by atoms with Gasteiger partial charge in [-0.15, -0.1) is 0 Å². The average Bonchev–Trinajstić information content (AvgIpc) is 2.46. The lowest BCUT2D eigenvalue weighted by atomic mass is 10.0. The summed E-state index contributed by atoms with van der Waals surface area (Å²) in [5.41, 5.74) is 5.94. The second-order valence-corrected chi connectivity index (χ2v) is 6.77. The Hall–Kier alpha value is -1.02. The quantitative estimate of drug-likeness (QED) is 0.846. The van der Waals surface area contributed by atoms with Crippen molar-refractivity contribution in [2.45, 2.75) is 19.4 Å². The Morgan fingerprint density at radius 2 is 2.15 bits per heavy atom. The van der Waals surface area contributed by atoms with E-state index in [4.69, 9.17) is 5.73 Å². The number of benzene rings is 1. The third-order valence-corrected chi connectivity index (χ3v) is 5.08. The molecule has 3 N–H and O–H groups in total. The SMILES string of the molecule is NCC1CCCN(S(=O)(=O)NCc2ccccc2F)C1. The van der Waals surface area contributed by atoms with Gasteiger partial charge in [-0.1, -0.05) is 18.2 Å². The standard InChI is InChI=1S/C13H20FN3O2S/c14-13-6-2-1-5-12(13)9-16-20(18,19)17-7-3-4-11(8-15)10-17/h1-2,5-6,11,16H,3-4,7-10,15H2. The van der Waals surface area contributed by atoms with Crippen LogP contribution in [0.4, 0.5) is 4.39 Å². The molecular weight excluding hydrogens is 281 g/mol. The molecule has 1 aliphatic rings. The summed E-state index contributed by atoms with van der Waals surface area (Å²) in [5, 5.41) is 0. The molecule has 0 aromatic heterocycles. The molecular formula is C13H20FN3O2S. The maximum atomic E-state index is 13.5. The van der Waals surface area contributed by atoms with E-state index in [0.29, 0.717) is 25.2 Å². The number of nitrogens with zero attached hydrogens (tertiary/aromatic N) is 1. The van der Waals surface area contributed by atoms with Gasteiger partial charge in [-0.3, -0.25) is 0 Å². The van der Waals surface area contributed by atoms with E-state index in [1.54, 1.807) is 18.2 Å². The minimum atomic E-state index is -3.58. The van der Waals surface area contributed by atoms with Crippen molar-refractivity contribution >= 4 is 10.2 Å². The van der Waals surface area contributed by atoms with E-state index in [-0.39, 0.29) is 12.5 Å². The van der Waals surface area contributed by atoms with Crippen LogP contribution >= 0.6 is 0 Å². The zero-order chi connectivity index (χ0) is 14.6. The molecule has 0 bridgehead atoms. The second kappa shape index (κ2) is 6.62. The van der Waals surface area contributed by atoms with Crippen LogP contribution in [0.25, 0.3) is 0 Å². The van der Waals surface area contributed by atoms with Crippen molar-refractivity contribution in [2.75, 3.05) is 19.6 Å². The van der Waals surface area contributed by atoms with Crippen LogP contribution < -0.4 is 10.5 Å². The molecule has 1 fully saturated rings. The summed E-state index contributed by atoms with van der Waals surface area (Å²) in [6, 6.07) is 6.13. The molecule has 1 saturated heterocycles. The predicted octanol–water partition coefficient (Wildman–Crippen LogP) is 0.831. The number of piperidine rings is 1. The third-order valence-electron chi connectivity index (χ3n) is 3.56. The van der Waals surface area contributed by atoms with E-state index in [0.717, 1.165) is 12.8 Å². The number of rotatable bonds is 5. The summed E-state index contributed by atoms with van der Waals surface area (Å²) in [6.45, 7) is 1.37. The Kier molecular flexibility index (Phi) is 5.09. The highest BCUT2D eigenvalue weighted by Crippen LogP contribution is 2.17. The first-order valence-corrected chi connectivity index (χ1v) is 8.15. The zero-order valence-electron chi connectivity index (χ0n) is 11.3. The van der Waals surface area contributed by atoms with Gasteiger partial charge >= 0.3 is 0 Å². The van der Waals surface area contributed by atoms with Gasteiger partial charge in [0.05, 0.1) is 0 Å². The maximum Gasteiger partial charge on any atom is 0.279 e. The van der Waals surface area contributed by atoms with Gasteiger partial charge in [0, 0.05) is 25.2 Å². The van der Waals surface area contributed by atoms with Gasteiger partial charge in [-0.2, -0.15) is 17.4 Å². The van der Waals surface area contributed by atoms with Crippen LogP contribution in [0.2, 0.25) is 0 Å². The van der Waals surface area contributed by atoms with Crippen LogP contribution in [-0.4, -0.2) is 32.4 Å². The molecule has 1 aromatic rings. The summed E-state index contributed by atoms with van der Waals surface area (Å²) in [5.74, 6) is -0.206. The molecule has 20 heavy (non-hydrogen) atoms. The van der Waals surface area contributed by atoms with Gasteiger partial charge in [0.25, 0.3) is 10.2 Å². The van der Waals surface area contributed by atoms with Gasteiger partial charge < -0.3 is 5.73 Å². The topological polar surface area (TPSA) is 75.4 Å². The molecule has 2 rings (SSSR count). The van der Waals surface area contributed by atoms with Crippen LogP contribution in [-0.2, 0) is 16.8 Å². The van der Waals surface area contributed by atoms with Crippen molar-refractivity contribution in [2.24, 2.45) is 11.7 Å². The minimum absolute atomic E-state index is 0.0429. The van der Waals surface area contributed by atoms with Gasteiger partial charge in [0.15, 0.2) is 0 Å². The highest BCUT2D eigenvalue weighted by Gasteiger charge is 2.28. The van der Waals surface area contributed by atoms with Gasteiger partial charge in [0.2, 0.25) is 0 Å². The lowest BCUT2D eigenvalue weighted by Gasteiger charge is -2.31. The molecule has 1 aromatic carbocycles. The van der Waals surface area contributed by atoms with Crippen LogP contribution in [0.3, 0.4) is 0 Å². The van der Waals surface area contributed by atoms with E-state index < -0.39 is 16.0 Å². The van der Waals surface area contributed by atoms with E-state index in [1.807, 2.05) is 0 Å². The van der Waals surface area contributed by atoms with Crippen LogP contribution in [0, 0.1) is 11.7 Å². The number of hydrogen-bond acceptors (Lipinski definition) is 3. The first-order chi connectivity index (χ1) is 9.53. The van der Waals surface area contributed by atoms with E-state index in [2.05, 4.69) is 4.72 Å². The fourth-order valence-corrected chi connectivity index (χ4v) is 3.64. The monoisotopic (exact) mass is 301 g/mol. The van der Waals surface area contributed by atoms with Crippen LogP contribution in [0.5, 0.6) is 0 Å². The molecule has 1 aliphatic heterocycles. The molecule has 5 nitrogen and oxygen atoms in total. The molecule has 1 atom stereocenters. The summed E-state index contributed by atoms with van der Waals surface area (Å²) >= 11 is 0. The van der Waals surface area contributed by atoms with Gasteiger partial charge in [-0.05, 0) is 31.4 Å². The van der Waals surface area contributed by atoms with Gasteiger partial charge in [-0.25, -0.2) is 4.39 Å². The molecule has 1 heterocycles. The van der Waals surface area contributed by atoms with Crippen molar-refractivity contribution in [3.63, 3.8) is 0 Å². The Morgan fingerprint density at radius 1 is 1.40 bits per heavy atom. The number of halogens is 1. The Balaban J connectivity index is 1.99. The first-order valence-electron chi connectivity index (χ1n) is 6.71. The highest BCUT2D eigenvalue weighted by atomic mass is 32.2. The van der Waals surface area contributed by atoms with Crippen LogP contribution in [0.1, 0.15) is 18.4 Å². The Labute approximate surface area is 119 Å². The van der Waals surface area contributed by atoms with Gasteiger partial charge in [0.1, 0.15) is 5.82 Å². The number of hydrogen-bond donors (Lipinski definition) is 2. The smallest absolute Gasteiger partial charge is 0.279 e. The number of nitrogens with two attached hydrogens (primary N) is 1. The second-order valence-electron chi connectivity index (χ2n) is 5.02. The first kappa shape index (κ1) is 15.4. The summed E-state index contributed by atoms with van der Waals surface area (Å²) < 4.78 is 41.7. The van der Waals surface area contributed by atoms with E-state index in [1.165, 1.54) is 10.4 Å². The van der Waals surface area contributed by atoms with E-state index >= 15 is 0 Å². The molecule has 0 saturated carbocycles.